The molecule has 1 aliphatic rings. The lowest BCUT2D eigenvalue weighted by molar-refractivity contribution is -0.143. The van der Waals surface area contributed by atoms with Crippen LogP contribution < -0.4 is 0 Å². The van der Waals surface area contributed by atoms with Gasteiger partial charge in [-0.25, -0.2) is 4.39 Å². The molecule has 0 spiro atoms. The van der Waals surface area contributed by atoms with Crippen LogP contribution in [-0.4, -0.2) is 11.1 Å². The molecule has 2 nitrogen and oxygen atoms in total. The van der Waals surface area contributed by atoms with E-state index in [2.05, 4.69) is 15.9 Å². The Balaban J connectivity index is 2.58. The average Bonchev–Trinajstić information content (AvgIpc) is 2.73. The van der Waals surface area contributed by atoms with E-state index in [-0.39, 0.29) is 5.82 Å². The molecule has 0 heterocycles. The van der Waals surface area contributed by atoms with Gasteiger partial charge in [-0.2, -0.15) is 0 Å². The van der Waals surface area contributed by atoms with Crippen molar-refractivity contribution < 1.29 is 14.3 Å². The number of aryl methyl sites for hydroxylation is 1. The second-order valence-electron chi connectivity index (χ2n) is 4.68. The number of rotatable bonds is 2. The summed E-state index contributed by atoms with van der Waals surface area (Å²) in [6, 6.07) is 3.03. The molecule has 17 heavy (non-hydrogen) atoms. The molecule has 0 aliphatic heterocycles. The Hall–Kier alpha value is -0.900. The maximum absolute atomic E-state index is 13.4. The fourth-order valence-corrected chi connectivity index (χ4v) is 3.08. The SMILES string of the molecule is Cc1cc(F)c(Br)cc1C1(C(=O)O)CCCC1. The number of aliphatic carboxylic acids is 1. The van der Waals surface area contributed by atoms with Crippen LogP contribution in [0.25, 0.3) is 0 Å². The number of halogens is 2. The predicted octanol–water partition coefficient (Wildman–Crippen LogP) is 3.79. The Kier molecular flexibility index (Phi) is 3.25. The van der Waals surface area contributed by atoms with Gasteiger partial charge in [0.15, 0.2) is 0 Å². The summed E-state index contributed by atoms with van der Waals surface area (Å²) < 4.78 is 13.7. The Morgan fingerprint density at radius 3 is 2.53 bits per heavy atom. The van der Waals surface area contributed by atoms with E-state index in [9.17, 15) is 14.3 Å². The molecule has 0 amide bonds. The van der Waals surface area contributed by atoms with Crippen LogP contribution >= 0.6 is 15.9 Å². The average molecular weight is 301 g/mol. The molecule has 0 unspecified atom stereocenters. The highest BCUT2D eigenvalue weighted by Gasteiger charge is 2.44. The minimum Gasteiger partial charge on any atom is -0.481 e. The first-order valence-electron chi connectivity index (χ1n) is 5.67. The molecule has 2 rings (SSSR count). The summed E-state index contributed by atoms with van der Waals surface area (Å²) >= 11 is 3.13. The quantitative estimate of drug-likeness (QED) is 0.902. The second kappa shape index (κ2) is 4.41. The highest BCUT2D eigenvalue weighted by molar-refractivity contribution is 9.10. The van der Waals surface area contributed by atoms with Crippen molar-refractivity contribution in [2.45, 2.75) is 38.0 Å². The highest BCUT2D eigenvalue weighted by atomic mass is 79.9. The highest BCUT2D eigenvalue weighted by Crippen LogP contribution is 2.43. The van der Waals surface area contributed by atoms with E-state index in [0.29, 0.717) is 17.3 Å². The van der Waals surface area contributed by atoms with E-state index >= 15 is 0 Å². The molecule has 0 aromatic heterocycles. The molecule has 1 aromatic carbocycles. The molecule has 1 aliphatic carbocycles. The van der Waals surface area contributed by atoms with Crippen molar-refractivity contribution in [1.82, 2.24) is 0 Å². The van der Waals surface area contributed by atoms with E-state index in [1.165, 1.54) is 6.07 Å². The summed E-state index contributed by atoms with van der Waals surface area (Å²) in [6.45, 7) is 1.77. The predicted molar refractivity (Wildman–Crippen MR) is 66.6 cm³/mol. The standard InChI is InChI=1S/C13H14BrFO2/c1-8-6-11(15)10(14)7-9(8)13(12(16)17)4-2-3-5-13/h6-7H,2-5H2,1H3,(H,16,17). The summed E-state index contributed by atoms with van der Waals surface area (Å²) in [4.78, 5) is 11.6. The van der Waals surface area contributed by atoms with Gasteiger partial charge in [0, 0.05) is 0 Å². The first-order chi connectivity index (χ1) is 7.97. The van der Waals surface area contributed by atoms with Gasteiger partial charge in [0.2, 0.25) is 0 Å². The molecule has 1 saturated carbocycles. The van der Waals surface area contributed by atoms with Crippen LogP contribution in [0.3, 0.4) is 0 Å². The van der Waals surface area contributed by atoms with Gasteiger partial charge in [0.25, 0.3) is 0 Å². The van der Waals surface area contributed by atoms with Crippen LogP contribution in [0.15, 0.2) is 16.6 Å². The van der Waals surface area contributed by atoms with Crippen LogP contribution in [0.1, 0.15) is 36.8 Å². The Morgan fingerprint density at radius 2 is 2.00 bits per heavy atom. The number of hydrogen-bond donors (Lipinski definition) is 1. The molecule has 1 N–H and O–H groups in total. The van der Waals surface area contributed by atoms with Crippen LogP contribution in [0.5, 0.6) is 0 Å². The van der Waals surface area contributed by atoms with Crippen molar-refractivity contribution in [3.8, 4) is 0 Å². The Labute approximate surface area is 108 Å². The molecule has 0 radical (unpaired) electrons. The first-order valence-corrected chi connectivity index (χ1v) is 6.46. The lowest BCUT2D eigenvalue weighted by Crippen LogP contribution is -2.33. The zero-order valence-corrected chi connectivity index (χ0v) is 11.2. The van der Waals surface area contributed by atoms with Crippen LogP contribution in [-0.2, 0) is 10.2 Å². The summed E-state index contributed by atoms with van der Waals surface area (Å²) in [5.41, 5.74) is 0.645. The summed E-state index contributed by atoms with van der Waals surface area (Å²) in [5, 5.41) is 9.49. The van der Waals surface area contributed by atoms with Crippen molar-refractivity contribution >= 4 is 21.9 Å². The van der Waals surface area contributed by atoms with Gasteiger partial charge in [0.05, 0.1) is 9.89 Å². The molecule has 0 bridgehead atoms. The molecule has 1 fully saturated rings. The molecule has 92 valence electrons. The largest absolute Gasteiger partial charge is 0.481 e. The topological polar surface area (TPSA) is 37.3 Å². The van der Waals surface area contributed by atoms with Crippen molar-refractivity contribution in [2.75, 3.05) is 0 Å². The number of carbonyl (C=O) groups is 1. The van der Waals surface area contributed by atoms with E-state index in [1.54, 1.807) is 13.0 Å². The van der Waals surface area contributed by atoms with Gasteiger partial charge in [-0.3, -0.25) is 4.79 Å². The number of benzene rings is 1. The minimum absolute atomic E-state index is 0.339. The van der Waals surface area contributed by atoms with E-state index < -0.39 is 11.4 Å². The Bertz CT molecular complexity index is 465. The molecule has 4 heteroatoms. The van der Waals surface area contributed by atoms with Crippen LogP contribution in [0.2, 0.25) is 0 Å². The zero-order valence-electron chi connectivity index (χ0n) is 9.59. The summed E-state index contributed by atoms with van der Waals surface area (Å²) in [6.07, 6.45) is 3.12. The lowest BCUT2D eigenvalue weighted by Gasteiger charge is -2.26. The van der Waals surface area contributed by atoms with Crippen molar-refractivity contribution in [3.05, 3.63) is 33.5 Å². The molecule has 1 aromatic rings. The fourth-order valence-electron chi connectivity index (χ4n) is 2.74. The minimum atomic E-state index is -0.819. The first kappa shape index (κ1) is 12.6. The monoisotopic (exact) mass is 300 g/mol. The second-order valence-corrected chi connectivity index (χ2v) is 5.53. The number of carboxylic acids is 1. The smallest absolute Gasteiger partial charge is 0.314 e. The zero-order chi connectivity index (χ0) is 12.6. The van der Waals surface area contributed by atoms with Crippen molar-refractivity contribution in [3.63, 3.8) is 0 Å². The van der Waals surface area contributed by atoms with E-state index in [0.717, 1.165) is 24.0 Å². The molecular formula is C13H14BrFO2. The number of hydrogen-bond acceptors (Lipinski definition) is 1. The third kappa shape index (κ3) is 1.99. The number of carboxylic acid groups (broad SMARTS) is 1. The van der Waals surface area contributed by atoms with E-state index in [1.807, 2.05) is 0 Å². The summed E-state index contributed by atoms with van der Waals surface area (Å²) in [5.74, 6) is -1.14. The van der Waals surface area contributed by atoms with Crippen molar-refractivity contribution in [1.29, 1.82) is 0 Å². The Morgan fingerprint density at radius 1 is 1.41 bits per heavy atom. The van der Waals surface area contributed by atoms with Gasteiger partial charge >= 0.3 is 5.97 Å². The van der Waals surface area contributed by atoms with Crippen molar-refractivity contribution in [2.24, 2.45) is 0 Å². The third-order valence-electron chi connectivity index (χ3n) is 3.65. The summed E-state index contributed by atoms with van der Waals surface area (Å²) in [7, 11) is 0. The van der Waals surface area contributed by atoms with Gasteiger partial charge in [-0.15, -0.1) is 0 Å². The van der Waals surface area contributed by atoms with E-state index in [4.69, 9.17) is 0 Å². The fraction of sp³-hybridized carbons (Fsp3) is 0.462. The van der Waals surface area contributed by atoms with Gasteiger partial charge < -0.3 is 5.11 Å². The van der Waals surface area contributed by atoms with Crippen LogP contribution in [0, 0.1) is 12.7 Å². The molecule has 0 saturated heterocycles. The third-order valence-corrected chi connectivity index (χ3v) is 4.26. The van der Waals surface area contributed by atoms with Gasteiger partial charge in [0.1, 0.15) is 5.82 Å². The molecule has 0 atom stereocenters. The lowest BCUT2D eigenvalue weighted by atomic mass is 9.77. The molecular weight excluding hydrogens is 287 g/mol. The van der Waals surface area contributed by atoms with Crippen LogP contribution in [0.4, 0.5) is 4.39 Å². The normalized spacial score (nSPS) is 18.3. The van der Waals surface area contributed by atoms with Gasteiger partial charge in [-0.05, 0) is 59.0 Å². The van der Waals surface area contributed by atoms with Gasteiger partial charge in [-0.1, -0.05) is 12.8 Å². The maximum Gasteiger partial charge on any atom is 0.314 e. The maximum atomic E-state index is 13.4.